The second-order valence-corrected chi connectivity index (χ2v) is 12.2. The summed E-state index contributed by atoms with van der Waals surface area (Å²) in [5.41, 5.74) is 4.01. The number of aryl methyl sites for hydroxylation is 2. The Hall–Kier alpha value is -3.85. The molecule has 0 radical (unpaired) electrons. The van der Waals surface area contributed by atoms with Crippen LogP contribution in [0.5, 0.6) is 11.5 Å². The van der Waals surface area contributed by atoms with Crippen LogP contribution in [0.4, 0.5) is 5.13 Å². The van der Waals surface area contributed by atoms with Gasteiger partial charge >= 0.3 is 5.97 Å². The molecule has 42 heavy (non-hydrogen) atoms. The van der Waals surface area contributed by atoms with Crippen LogP contribution in [-0.2, 0) is 11.3 Å². The van der Waals surface area contributed by atoms with Gasteiger partial charge in [-0.2, -0.15) is 0 Å². The molecule has 9 heteroatoms. The number of anilines is 1. The molecule has 2 aromatic carbocycles. The van der Waals surface area contributed by atoms with Crippen LogP contribution in [0.25, 0.3) is 22.2 Å². The normalized spacial score (nSPS) is 14.6. The summed E-state index contributed by atoms with van der Waals surface area (Å²) in [6.07, 6.45) is 6.59. The molecule has 0 bridgehead atoms. The maximum atomic E-state index is 13.8. The first-order valence-electron chi connectivity index (χ1n) is 14.7. The van der Waals surface area contributed by atoms with E-state index in [-0.39, 0.29) is 18.2 Å². The van der Waals surface area contributed by atoms with Gasteiger partial charge < -0.3 is 19.1 Å². The number of para-hydroxylation sites is 1. The number of aliphatic carboxylic acids is 1. The van der Waals surface area contributed by atoms with Crippen molar-refractivity contribution >= 4 is 39.2 Å². The third-order valence-corrected chi connectivity index (χ3v) is 9.60. The number of thiazole rings is 1. The van der Waals surface area contributed by atoms with Gasteiger partial charge in [-0.1, -0.05) is 44.4 Å². The minimum absolute atomic E-state index is 0.0354. The fourth-order valence-corrected chi connectivity index (χ4v) is 7.28. The van der Waals surface area contributed by atoms with Gasteiger partial charge in [-0.3, -0.25) is 14.9 Å². The Kier molecular flexibility index (Phi) is 9.16. The number of hydrogen-bond donors (Lipinski definition) is 2. The molecule has 1 fully saturated rings. The summed E-state index contributed by atoms with van der Waals surface area (Å²) in [5.74, 6) is 1.17. The number of carbonyl (C=O) groups is 2. The second-order valence-electron chi connectivity index (χ2n) is 11.1. The quantitative estimate of drug-likeness (QED) is 0.184. The van der Waals surface area contributed by atoms with E-state index in [4.69, 9.17) is 19.6 Å². The molecule has 1 aliphatic carbocycles. The third-order valence-electron chi connectivity index (χ3n) is 8.43. The summed E-state index contributed by atoms with van der Waals surface area (Å²) in [6, 6.07) is 13.6. The molecule has 0 aliphatic heterocycles. The highest BCUT2D eigenvalue weighted by Crippen LogP contribution is 2.46. The van der Waals surface area contributed by atoms with Gasteiger partial charge in [0.05, 0.1) is 19.9 Å². The highest BCUT2D eigenvalue weighted by molar-refractivity contribution is 7.16. The van der Waals surface area contributed by atoms with E-state index in [1.807, 2.05) is 54.0 Å². The van der Waals surface area contributed by atoms with Crippen LogP contribution in [0.15, 0.2) is 42.5 Å². The van der Waals surface area contributed by atoms with Crippen molar-refractivity contribution in [2.75, 3.05) is 19.5 Å². The lowest BCUT2D eigenvalue weighted by molar-refractivity contribution is -0.137. The maximum absolute atomic E-state index is 13.8. The maximum Gasteiger partial charge on any atom is 0.303 e. The van der Waals surface area contributed by atoms with Crippen molar-refractivity contribution in [3.05, 3.63) is 58.6 Å². The standard InChI is InChI=1S/C33H39N3O5S/c1-20-17-28(41-4)24(19-27(20)40-3)30-31(21(2)22-11-6-5-7-12-22)42-33(34-30)35-32(39)26-18-23-13-8-9-14-25(23)36(26)16-10-15-29(37)38/h8-9,13-14,17-19,21-22H,5-7,10-12,15-16H2,1-4H3,(H,37,38)(H,34,35,39). The van der Waals surface area contributed by atoms with E-state index in [0.29, 0.717) is 35.5 Å². The highest BCUT2D eigenvalue weighted by Gasteiger charge is 2.29. The van der Waals surface area contributed by atoms with Crippen molar-refractivity contribution in [2.45, 2.75) is 71.3 Å². The molecule has 1 aliphatic rings. The van der Waals surface area contributed by atoms with Gasteiger partial charge in [0.1, 0.15) is 17.2 Å². The van der Waals surface area contributed by atoms with Crippen LogP contribution in [0, 0.1) is 12.8 Å². The van der Waals surface area contributed by atoms with Crippen molar-refractivity contribution < 1.29 is 24.2 Å². The number of aromatic nitrogens is 2. The van der Waals surface area contributed by atoms with Crippen molar-refractivity contribution in [1.29, 1.82) is 0 Å². The molecule has 0 spiro atoms. The average Bonchev–Trinajstić information content (AvgIpc) is 3.58. The molecule has 1 atom stereocenters. The van der Waals surface area contributed by atoms with Crippen LogP contribution >= 0.6 is 11.3 Å². The zero-order valence-electron chi connectivity index (χ0n) is 24.7. The zero-order chi connectivity index (χ0) is 29.8. The lowest BCUT2D eigenvalue weighted by atomic mass is 9.79. The fraction of sp³-hybridized carbons (Fsp3) is 0.424. The summed E-state index contributed by atoms with van der Waals surface area (Å²) in [5, 5.41) is 13.7. The van der Waals surface area contributed by atoms with Crippen molar-refractivity contribution in [3.8, 4) is 22.8 Å². The van der Waals surface area contributed by atoms with Crippen LogP contribution in [-0.4, -0.2) is 40.8 Å². The molecule has 1 unspecified atom stereocenters. The van der Waals surface area contributed by atoms with Gasteiger partial charge in [0, 0.05) is 34.3 Å². The fourth-order valence-electron chi connectivity index (χ4n) is 6.16. The molecule has 1 saturated carbocycles. The smallest absolute Gasteiger partial charge is 0.303 e. The number of carboxylic acids is 1. The van der Waals surface area contributed by atoms with Gasteiger partial charge in [0.2, 0.25) is 0 Å². The molecule has 4 aromatic rings. The van der Waals surface area contributed by atoms with E-state index in [1.165, 1.54) is 43.4 Å². The van der Waals surface area contributed by atoms with E-state index in [1.54, 1.807) is 14.2 Å². The first kappa shape index (κ1) is 29.6. The predicted octanol–water partition coefficient (Wildman–Crippen LogP) is 7.89. The SMILES string of the molecule is COc1cc(-c2nc(NC(=O)c3cc4ccccc4n3CCCC(=O)O)sc2C(C)C2CCCCC2)c(OC)cc1C. The van der Waals surface area contributed by atoms with Crippen LogP contribution < -0.4 is 14.8 Å². The Balaban J connectivity index is 1.54. The molecular weight excluding hydrogens is 550 g/mol. The van der Waals surface area contributed by atoms with E-state index in [2.05, 4.69) is 12.2 Å². The monoisotopic (exact) mass is 589 g/mol. The summed E-state index contributed by atoms with van der Waals surface area (Å²) >= 11 is 1.52. The van der Waals surface area contributed by atoms with Gasteiger partial charge in [-0.05, 0) is 67.9 Å². The number of nitrogens with zero attached hydrogens (tertiary/aromatic N) is 2. The topological polar surface area (TPSA) is 103 Å². The summed E-state index contributed by atoms with van der Waals surface area (Å²) in [7, 11) is 3.32. The number of ether oxygens (including phenoxy) is 2. The Morgan fingerprint density at radius 3 is 2.55 bits per heavy atom. The number of methoxy groups -OCH3 is 2. The number of benzene rings is 2. The minimum Gasteiger partial charge on any atom is -0.496 e. The van der Waals surface area contributed by atoms with E-state index < -0.39 is 5.97 Å². The van der Waals surface area contributed by atoms with E-state index >= 15 is 0 Å². The van der Waals surface area contributed by atoms with Crippen molar-refractivity contribution in [2.24, 2.45) is 5.92 Å². The highest BCUT2D eigenvalue weighted by atomic mass is 32.1. The number of hydrogen-bond acceptors (Lipinski definition) is 6. The Morgan fingerprint density at radius 2 is 1.83 bits per heavy atom. The second kappa shape index (κ2) is 13.0. The Labute approximate surface area is 250 Å². The van der Waals surface area contributed by atoms with Crippen molar-refractivity contribution in [3.63, 3.8) is 0 Å². The molecule has 2 heterocycles. The number of nitrogens with one attached hydrogen (secondary N) is 1. The summed E-state index contributed by atoms with van der Waals surface area (Å²) in [6.45, 7) is 4.69. The van der Waals surface area contributed by atoms with E-state index in [9.17, 15) is 9.59 Å². The lowest BCUT2D eigenvalue weighted by Gasteiger charge is -2.27. The van der Waals surface area contributed by atoms with Crippen LogP contribution in [0.3, 0.4) is 0 Å². The third kappa shape index (κ3) is 6.16. The molecule has 2 aromatic heterocycles. The van der Waals surface area contributed by atoms with Crippen LogP contribution in [0.2, 0.25) is 0 Å². The van der Waals surface area contributed by atoms with Crippen molar-refractivity contribution in [1.82, 2.24) is 9.55 Å². The molecule has 8 nitrogen and oxygen atoms in total. The number of rotatable bonds is 11. The minimum atomic E-state index is -0.851. The first-order chi connectivity index (χ1) is 20.3. The number of carboxylic acid groups (broad SMARTS) is 1. The number of fused-ring (bicyclic) bond motifs is 1. The van der Waals surface area contributed by atoms with Gasteiger partial charge in [0.15, 0.2) is 5.13 Å². The molecule has 0 saturated heterocycles. The molecular formula is C33H39N3O5S. The largest absolute Gasteiger partial charge is 0.496 e. The predicted molar refractivity (Wildman–Crippen MR) is 167 cm³/mol. The first-order valence-corrected chi connectivity index (χ1v) is 15.5. The molecule has 5 rings (SSSR count). The van der Waals surface area contributed by atoms with Crippen LogP contribution in [0.1, 0.15) is 78.7 Å². The lowest BCUT2D eigenvalue weighted by Crippen LogP contribution is -2.17. The molecule has 2 N–H and O–H groups in total. The molecule has 1 amide bonds. The van der Waals surface area contributed by atoms with Gasteiger partial charge in [-0.15, -0.1) is 11.3 Å². The summed E-state index contributed by atoms with van der Waals surface area (Å²) < 4.78 is 13.4. The van der Waals surface area contributed by atoms with Gasteiger partial charge in [-0.25, -0.2) is 4.98 Å². The van der Waals surface area contributed by atoms with E-state index in [0.717, 1.165) is 38.4 Å². The zero-order valence-corrected chi connectivity index (χ0v) is 25.6. The summed E-state index contributed by atoms with van der Waals surface area (Å²) in [4.78, 5) is 31.1. The Bertz CT molecular complexity index is 1580. The average molecular weight is 590 g/mol. The Morgan fingerprint density at radius 1 is 1.10 bits per heavy atom. The van der Waals surface area contributed by atoms with Gasteiger partial charge in [0.25, 0.3) is 5.91 Å². The number of amides is 1. The number of carbonyl (C=O) groups excluding carboxylic acids is 1. The molecule has 222 valence electrons.